The van der Waals surface area contributed by atoms with E-state index in [1.165, 1.54) is 0 Å². The molecule has 0 bridgehead atoms. The Morgan fingerprint density at radius 1 is 1.23 bits per heavy atom. The number of carbonyl (C=O) groups is 1. The molecule has 2 aromatic rings. The second-order valence-corrected chi connectivity index (χ2v) is 7.07. The van der Waals surface area contributed by atoms with Crippen molar-refractivity contribution in [3.8, 4) is 11.5 Å². The third-order valence-corrected chi connectivity index (χ3v) is 4.77. The fourth-order valence-corrected chi connectivity index (χ4v) is 3.44. The molecule has 0 spiro atoms. The van der Waals surface area contributed by atoms with Crippen molar-refractivity contribution >= 4 is 52.0 Å². The highest BCUT2D eigenvalue weighted by molar-refractivity contribution is 14.1. The van der Waals surface area contributed by atoms with Crippen LogP contribution in [-0.4, -0.2) is 19.7 Å². The molecule has 6 heteroatoms. The van der Waals surface area contributed by atoms with Crippen LogP contribution in [0, 0.1) is 3.57 Å². The normalized spacial score (nSPS) is 15.0. The van der Waals surface area contributed by atoms with E-state index >= 15 is 0 Å². The molecular formula is C20H16ClIO4. The first-order chi connectivity index (χ1) is 12.5. The van der Waals surface area contributed by atoms with Crippen LogP contribution in [0.4, 0.5) is 0 Å². The van der Waals surface area contributed by atoms with Crippen molar-refractivity contribution in [3.05, 3.63) is 67.8 Å². The van der Waals surface area contributed by atoms with E-state index in [2.05, 4.69) is 22.6 Å². The van der Waals surface area contributed by atoms with E-state index in [9.17, 15) is 4.79 Å². The highest BCUT2D eigenvalue weighted by Gasteiger charge is 2.22. The summed E-state index contributed by atoms with van der Waals surface area (Å²) in [5.41, 5.74) is 2.09. The Labute approximate surface area is 170 Å². The first-order valence-electron chi connectivity index (χ1n) is 7.93. The Bertz CT molecular complexity index is 901. The van der Waals surface area contributed by atoms with E-state index in [0.29, 0.717) is 34.5 Å². The fraction of sp³-hybridized carbons (Fsp3) is 0.150. The van der Waals surface area contributed by atoms with Crippen molar-refractivity contribution in [2.45, 2.75) is 6.92 Å². The van der Waals surface area contributed by atoms with Gasteiger partial charge in [0, 0.05) is 10.6 Å². The molecule has 0 aliphatic carbocycles. The van der Waals surface area contributed by atoms with Gasteiger partial charge in [0.25, 0.3) is 0 Å². The Balaban J connectivity index is 1.95. The summed E-state index contributed by atoms with van der Waals surface area (Å²) in [6.07, 6.45) is 3.49. The molecule has 1 heterocycles. The van der Waals surface area contributed by atoms with Gasteiger partial charge in [-0.15, -0.1) is 0 Å². The predicted octanol–water partition coefficient (Wildman–Crippen LogP) is 5.33. The summed E-state index contributed by atoms with van der Waals surface area (Å²) < 4.78 is 17.3. The quantitative estimate of drug-likeness (QED) is 0.328. The predicted molar refractivity (Wildman–Crippen MR) is 110 cm³/mol. The second-order valence-electron chi connectivity index (χ2n) is 5.47. The van der Waals surface area contributed by atoms with Gasteiger partial charge in [0.05, 0.1) is 22.9 Å². The summed E-state index contributed by atoms with van der Waals surface area (Å²) in [6.45, 7) is 2.47. The van der Waals surface area contributed by atoms with Crippen molar-refractivity contribution in [1.82, 2.24) is 0 Å². The van der Waals surface area contributed by atoms with Gasteiger partial charge in [-0.05, 0) is 83.6 Å². The average molecular weight is 483 g/mol. The van der Waals surface area contributed by atoms with Gasteiger partial charge in [-0.1, -0.05) is 11.6 Å². The SMILES string of the molecule is CCOc1c(I)cc(/C=C2/C=C(c3ccc(Cl)cc3)OC2=O)cc1OC. The molecule has 1 aliphatic rings. The highest BCUT2D eigenvalue weighted by Crippen LogP contribution is 2.35. The van der Waals surface area contributed by atoms with Gasteiger partial charge in [0.1, 0.15) is 5.76 Å². The van der Waals surface area contributed by atoms with Crippen LogP contribution in [0.2, 0.25) is 5.02 Å². The standard InChI is InChI=1S/C20H16ClIO4/c1-3-25-19-16(22)9-12(10-18(19)24-2)8-14-11-17(26-20(14)23)13-4-6-15(21)7-5-13/h4-11H,3H2,1-2H3/b14-8-. The minimum atomic E-state index is -0.391. The van der Waals surface area contributed by atoms with Gasteiger partial charge in [-0.2, -0.15) is 0 Å². The average Bonchev–Trinajstić information content (AvgIpc) is 2.98. The molecule has 26 heavy (non-hydrogen) atoms. The number of esters is 1. The molecule has 0 N–H and O–H groups in total. The third kappa shape index (κ3) is 4.04. The van der Waals surface area contributed by atoms with Crippen molar-refractivity contribution in [3.63, 3.8) is 0 Å². The van der Waals surface area contributed by atoms with Gasteiger partial charge in [-0.25, -0.2) is 4.79 Å². The van der Waals surface area contributed by atoms with Gasteiger partial charge in [0.2, 0.25) is 0 Å². The van der Waals surface area contributed by atoms with Gasteiger partial charge >= 0.3 is 5.97 Å². The Morgan fingerprint density at radius 3 is 2.62 bits per heavy atom. The van der Waals surface area contributed by atoms with Gasteiger partial charge < -0.3 is 14.2 Å². The maximum Gasteiger partial charge on any atom is 0.343 e. The number of methoxy groups -OCH3 is 1. The Kier molecular flexibility index (Phi) is 5.88. The van der Waals surface area contributed by atoms with Crippen LogP contribution in [0.5, 0.6) is 11.5 Å². The van der Waals surface area contributed by atoms with Crippen LogP contribution in [0.25, 0.3) is 11.8 Å². The lowest BCUT2D eigenvalue weighted by Gasteiger charge is -2.12. The number of carbonyl (C=O) groups excluding carboxylic acids is 1. The smallest absolute Gasteiger partial charge is 0.343 e. The van der Waals surface area contributed by atoms with E-state index in [4.69, 9.17) is 25.8 Å². The number of hydrogen-bond donors (Lipinski definition) is 0. The van der Waals surface area contributed by atoms with E-state index in [1.54, 1.807) is 31.4 Å². The van der Waals surface area contributed by atoms with Crippen LogP contribution in [0.3, 0.4) is 0 Å². The fourth-order valence-electron chi connectivity index (χ4n) is 2.53. The molecular weight excluding hydrogens is 467 g/mol. The van der Waals surface area contributed by atoms with E-state index in [1.807, 2.05) is 31.2 Å². The molecule has 134 valence electrons. The zero-order valence-corrected chi connectivity index (χ0v) is 17.1. The molecule has 0 saturated carbocycles. The molecule has 0 unspecified atom stereocenters. The lowest BCUT2D eigenvalue weighted by Crippen LogP contribution is -1.99. The molecule has 0 radical (unpaired) electrons. The number of benzene rings is 2. The lowest BCUT2D eigenvalue weighted by atomic mass is 10.1. The topological polar surface area (TPSA) is 44.8 Å². The number of ether oxygens (including phenoxy) is 3. The van der Waals surface area contributed by atoms with E-state index in [0.717, 1.165) is 14.7 Å². The summed E-state index contributed by atoms with van der Waals surface area (Å²) >= 11 is 8.09. The zero-order valence-electron chi connectivity index (χ0n) is 14.2. The summed E-state index contributed by atoms with van der Waals surface area (Å²) in [6, 6.07) is 10.9. The first kappa shape index (κ1) is 18.8. The second kappa shape index (κ2) is 8.14. The summed E-state index contributed by atoms with van der Waals surface area (Å²) in [7, 11) is 1.59. The molecule has 4 nitrogen and oxygen atoms in total. The molecule has 0 atom stereocenters. The Hall–Kier alpha value is -1.99. The molecule has 0 amide bonds. The van der Waals surface area contributed by atoms with Crippen molar-refractivity contribution < 1.29 is 19.0 Å². The van der Waals surface area contributed by atoms with E-state index < -0.39 is 5.97 Å². The van der Waals surface area contributed by atoms with Crippen molar-refractivity contribution in [2.75, 3.05) is 13.7 Å². The van der Waals surface area contributed by atoms with Crippen LogP contribution in [-0.2, 0) is 9.53 Å². The maximum atomic E-state index is 12.2. The summed E-state index contributed by atoms with van der Waals surface area (Å²) in [4.78, 5) is 12.2. The monoisotopic (exact) mass is 482 g/mol. The maximum absolute atomic E-state index is 12.2. The molecule has 0 fully saturated rings. The van der Waals surface area contributed by atoms with Crippen LogP contribution in [0.15, 0.2) is 48.0 Å². The number of rotatable bonds is 5. The minimum Gasteiger partial charge on any atom is -0.493 e. The summed E-state index contributed by atoms with van der Waals surface area (Å²) in [5.74, 6) is 1.44. The number of hydrogen-bond acceptors (Lipinski definition) is 4. The van der Waals surface area contributed by atoms with Gasteiger partial charge in [-0.3, -0.25) is 0 Å². The minimum absolute atomic E-state index is 0.391. The molecule has 0 saturated heterocycles. The number of halogens is 2. The molecule has 0 aromatic heterocycles. The third-order valence-electron chi connectivity index (χ3n) is 3.72. The van der Waals surface area contributed by atoms with Crippen LogP contribution >= 0.6 is 34.2 Å². The molecule has 2 aromatic carbocycles. The first-order valence-corrected chi connectivity index (χ1v) is 9.39. The van der Waals surface area contributed by atoms with Crippen molar-refractivity contribution in [1.29, 1.82) is 0 Å². The van der Waals surface area contributed by atoms with E-state index in [-0.39, 0.29) is 0 Å². The zero-order chi connectivity index (χ0) is 18.7. The van der Waals surface area contributed by atoms with Crippen LogP contribution in [0.1, 0.15) is 18.1 Å². The summed E-state index contributed by atoms with van der Waals surface area (Å²) in [5, 5.41) is 0.630. The highest BCUT2D eigenvalue weighted by atomic mass is 127. The lowest BCUT2D eigenvalue weighted by molar-refractivity contribution is -0.130. The van der Waals surface area contributed by atoms with Crippen molar-refractivity contribution in [2.24, 2.45) is 0 Å². The molecule has 1 aliphatic heterocycles. The molecule has 3 rings (SSSR count). The number of cyclic esters (lactones) is 1. The Morgan fingerprint density at radius 2 is 1.96 bits per heavy atom. The van der Waals surface area contributed by atoms with Crippen LogP contribution < -0.4 is 9.47 Å². The largest absolute Gasteiger partial charge is 0.493 e. The van der Waals surface area contributed by atoms with Gasteiger partial charge in [0.15, 0.2) is 11.5 Å².